The molecule has 5 rings (SSSR count). The highest BCUT2D eigenvalue weighted by Crippen LogP contribution is 2.29. The summed E-state index contributed by atoms with van der Waals surface area (Å²) in [4.78, 5) is 41.1. The highest BCUT2D eigenvalue weighted by molar-refractivity contribution is 6.10. The minimum Gasteiger partial charge on any atom is -0.447 e. The molecule has 0 aliphatic carbocycles. The molecule has 2 heterocycles. The van der Waals surface area contributed by atoms with Crippen LogP contribution in [0.25, 0.3) is 22.3 Å². The maximum absolute atomic E-state index is 13.2. The van der Waals surface area contributed by atoms with E-state index in [1.165, 1.54) is 6.92 Å². The van der Waals surface area contributed by atoms with Crippen LogP contribution >= 0.6 is 0 Å². The van der Waals surface area contributed by atoms with Gasteiger partial charge in [-0.15, -0.1) is 5.10 Å². The number of benzene rings is 3. The van der Waals surface area contributed by atoms with Gasteiger partial charge in [0.2, 0.25) is 6.10 Å². The number of para-hydroxylation sites is 1. The zero-order chi connectivity index (χ0) is 27.4. The Hall–Kier alpha value is -5.83. The number of amides is 2. The number of tetrazole rings is 1. The van der Waals surface area contributed by atoms with Crippen molar-refractivity contribution in [1.29, 1.82) is 5.26 Å². The van der Waals surface area contributed by atoms with E-state index in [2.05, 4.69) is 36.2 Å². The first kappa shape index (κ1) is 24.8. The number of aromatic amines is 2. The number of carbonyl (C=O) groups is 3. The average Bonchev–Trinajstić information content (AvgIpc) is 3.63. The molecule has 0 saturated heterocycles. The van der Waals surface area contributed by atoms with Gasteiger partial charge in [-0.1, -0.05) is 42.5 Å². The lowest BCUT2D eigenvalue weighted by atomic mass is 10.1. The summed E-state index contributed by atoms with van der Waals surface area (Å²) >= 11 is 0. The molecule has 0 radical (unpaired) electrons. The molecule has 39 heavy (non-hydrogen) atoms. The second-order valence-electron chi connectivity index (χ2n) is 8.42. The average molecular weight is 521 g/mol. The van der Waals surface area contributed by atoms with Crippen molar-refractivity contribution in [2.45, 2.75) is 13.0 Å². The Morgan fingerprint density at radius 3 is 2.51 bits per heavy atom. The lowest BCUT2D eigenvalue weighted by Gasteiger charge is -2.17. The van der Waals surface area contributed by atoms with Crippen molar-refractivity contribution in [2.75, 3.05) is 10.6 Å². The lowest BCUT2D eigenvalue weighted by molar-refractivity contribution is -0.152. The van der Waals surface area contributed by atoms with Gasteiger partial charge in [0.25, 0.3) is 11.8 Å². The van der Waals surface area contributed by atoms with Crippen molar-refractivity contribution in [2.24, 2.45) is 0 Å². The van der Waals surface area contributed by atoms with Gasteiger partial charge in [-0.05, 0) is 40.8 Å². The van der Waals surface area contributed by atoms with Crippen LogP contribution in [0.2, 0.25) is 0 Å². The number of nitriles is 1. The fourth-order valence-corrected chi connectivity index (χ4v) is 4.03. The number of rotatable bonds is 7. The van der Waals surface area contributed by atoms with E-state index in [1.807, 2.05) is 6.07 Å². The Morgan fingerprint density at radius 2 is 1.79 bits per heavy atom. The monoisotopic (exact) mass is 520 g/mol. The summed E-state index contributed by atoms with van der Waals surface area (Å²) in [6, 6.07) is 22.2. The van der Waals surface area contributed by atoms with Gasteiger partial charge in [-0.25, -0.2) is 5.10 Å². The Morgan fingerprint density at radius 1 is 0.974 bits per heavy atom. The number of ether oxygens (including phenoxy) is 1. The molecular formula is C27H20N8O4. The van der Waals surface area contributed by atoms with Crippen LogP contribution in [-0.4, -0.2) is 43.4 Å². The van der Waals surface area contributed by atoms with Crippen LogP contribution in [0.3, 0.4) is 0 Å². The van der Waals surface area contributed by atoms with Gasteiger partial charge in [-0.2, -0.15) is 5.26 Å². The highest BCUT2D eigenvalue weighted by Gasteiger charge is 2.25. The fraction of sp³-hybridized carbons (Fsp3) is 0.0741. The van der Waals surface area contributed by atoms with E-state index in [-0.39, 0.29) is 11.5 Å². The molecule has 0 spiro atoms. The summed E-state index contributed by atoms with van der Waals surface area (Å²) in [5.41, 5.74) is 2.83. The summed E-state index contributed by atoms with van der Waals surface area (Å²) in [6.07, 6.45) is -1.16. The predicted octanol–water partition coefficient (Wildman–Crippen LogP) is 3.71. The maximum atomic E-state index is 13.2. The van der Waals surface area contributed by atoms with E-state index < -0.39 is 23.9 Å². The van der Waals surface area contributed by atoms with E-state index >= 15 is 0 Å². The van der Waals surface area contributed by atoms with Gasteiger partial charge in [0.05, 0.1) is 28.5 Å². The zero-order valence-corrected chi connectivity index (χ0v) is 20.4. The molecule has 0 fully saturated rings. The summed E-state index contributed by atoms with van der Waals surface area (Å²) in [5.74, 6) is -1.33. The number of esters is 1. The van der Waals surface area contributed by atoms with Crippen LogP contribution in [0.4, 0.5) is 11.4 Å². The second kappa shape index (κ2) is 10.7. The molecule has 0 aliphatic rings. The van der Waals surface area contributed by atoms with Crippen molar-refractivity contribution in [3.05, 3.63) is 89.6 Å². The molecule has 0 bridgehead atoms. The molecule has 2 aromatic heterocycles. The Bertz CT molecular complexity index is 1720. The van der Waals surface area contributed by atoms with Crippen molar-refractivity contribution in [3.8, 4) is 17.5 Å². The van der Waals surface area contributed by atoms with Crippen molar-refractivity contribution < 1.29 is 19.1 Å². The summed E-state index contributed by atoms with van der Waals surface area (Å²) in [6.45, 7) is 1.23. The van der Waals surface area contributed by atoms with Gasteiger partial charge in [0.1, 0.15) is 5.69 Å². The number of nitrogens with one attached hydrogen (secondary N) is 4. The Labute approximate surface area is 221 Å². The maximum Gasteiger partial charge on any atom is 0.303 e. The number of fused-ring (bicyclic) bond motifs is 1. The normalized spacial score (nSPS) is 11.4. The van der Waals surface area contributed by atoms with Gasteiger partial charge in [0, 0.05) is 23.4 Å². The van der Waals surface area contributed by atoms with Crippen LogP contribution in [0.1, 0.15) is 34.6 Å². The van der Waals surface area contributed by atoms with Gasteiger partial charge in [0.15, 0.2) is 5.82 Å². The molecule has 12 nitrogen and oxygen atoms in total. The third-order valence-corrected chi connectivity index (χ3v) is 5.78. The summed E-state index contributed by atoms with van der Waals surface area (Å²) in [7, 11) is 0. The molecule has 0 aliphatic heterocycles. The van der Waals surface area contributed by atoms with E-state index in [0.29, 0.717) is 39.0 Å². The number of nitrogens with zero attached hydrogens (tertiary/aromatic N) is 4. The first-order valence-corrected chi connectivity index (χ1v) is 11.7. The molecule has 1 unspecified atom stereocenters. The smallest absolute Gasteiger partial charge is 0.303 e. The number of aromatic nitrogens is 5. The number of H-pyrrole nitrogens is 2. The van der Waals surface area contributed by atoms with E-state index in [9.17, 15) is 19.6 Å². The largest absolute Gasteiger partial charge is 0.447 e. The minimum atomic E-state index is -1.16. The predicted molar refractivity (Wildman–Crippen MR) is 140 cm³/mol. The molecular weight excluding hydrogens is 500 g/mol. The molecule has 4 N–H and O–H groups in total. The topological polar surface area (TPSA) is 179 Å². The zero-order valence-electron chi connectivity index (χ0n) is 20.4. The van der Waals surface area contributed by atoms with Crippen LogP contribution in [0, 0.1) is 11.3 Å². The Balaban J connectivity index is 1.42. The Kier molecular flexibility index (Phi) is 6.79. The van der Waals surface area contributed by atoms with Crippen molar-refractivity contribution in [1.82, 2.24) is 25.6 Å². The van der Waals surface area contributed by atoms with Crippen LogP contribution in [0.5, 0.6) is 0 Å². The number of carbonyl (C=O) groups excluding carboxylic acids is 3. The SMILES string of the molecule is CC(=O)OC(C(=O)Nc1cccc2cc(C(=O)Nc3ccc(C#N)cc3-c3nnn[nH]3)[nH]c12)c1ccccc1. The molecule has 0 saturated carbocycles. The van der Waals surface area contributed by atoms with Gasteiger partial charge in [-0.3, -0.25) is 14.4 Å². The lowest BCUT2D eigenvalue weighted by Crippen LogP contribution is -2.25. The van der Waals surface area contributed by atoms with Crippen molar-refractivity contribution >= 4 is 40.1 Å². The number of hydrogen-bond donors (Lipinski definition) is 4. The van der Waals surface area contributed by atoms with Gasteiger partial charge >= 0.3 is 5.97 Å². The molecule has 3 aromatic carbocycles. The van der Waals surface area contributed by atoms with Crippen LogP contribution in [0.15, 0.2) is 72.8 Å². The molecule has 1 atom stereocenters. The van der Waals surface area contributed by atoms with E-state index in [0.717, 1.165) is 0 Å². The first-order valence-electron chi connectivity index (χ1n) is 11.7. The molecule has 12 heteroatoms. The third-order valence-electron chi connectivity index (χ3n) is 5.78. The third kappa shape index (κ3) is 5.32. The first-order chi connectivity index (χ1) is 18.9. The van der Waals surface area contributed by atoms with E-state index in [4.69, 9.17) is 4.74 Å². The standard InChI is InChI=1S/C27H20N8O4/c1-15(36)39-24(17-6-3-2-4-7-17)27(38)31-21-9-5-8-18-13-22(29-23(18)21)26(37)30-20-11-10-16(14-28)12-19(20)25-32-34-35-33-25/h2-13,24,29H,1H3,(H,30,37)(H,31,38)(H,32,33,34,35). The highest BCUT2D eigenvalue weighted by atomic mass is 16.5. The van der Waals surface area contributed by atoms with Gasteiger partial charge < -0.3 is 20.4 Å². The summed E-state index contributed by atoms with van der Waals surface area (Å²) < 4.78 is 5.29. The number of hydrogen-bond acceptors (Lipinski definition) is 8. The molecule has 192 valence electrons. The fourth-order valence-electron chi connectivity index (χ4n) is 4.03. The van der Waals surface area contributed by atoms with E-state index in [1.54, 1.807) is 72.8 Å². The van der Waals surface area contributed by atoms with Crippen LogP contribution < -0.4 is 10.6 Å². The molecule has 5 aromatic rings. The number of anilines is 2. The quantitative estimate of drug-likeness (QED) is 0.234. The summed E-state index contributed by atoms with van der Waals surface area (Å²) in [5, 5.41) is 29.1. The minimum absolute atomic E-state index is 0.220. The van der Waals surface area contributed by atoms with Crippen molar-refractivity contribution in [3.63, 3.8) is 0 Å². The second-order valence-corrected chi connectivity index (χ2v) is 8.42. The van der Waals surface area contributed by atoms with Crippen LogP contribution in [-0.2, 0) is 14.3 Å². The molecule has 2 amide bonds.